The Hall–Kier alpha value is -1.21. The third kappa shape index (κ3) is 5.92. The van der Waals surface area contributed by atoms with Gasteiger partial charge in [0.25, 0.3) is 0 Å². The van der Waals surface area contributed by atoms with E-state index in [1.54, 1.807) is 14.2 Å². The van der Waals surface area contributed by atoms with Crippen LogP contribution in [0, 0.1) is 0 Å². The van der Waals surface area contributed by atoms with Gasteiger partial charge >= 0.3 is 0 Å². The third-order valence-electron chi connectivity index (χ3n) is 4.78. The van der Waals surface area contributed by atoms with E-state index < -0.39 is 7.26 Å². The lowest BCUT2D eigenvalue weighted by molar-refractivity contribution is 0.194. The number of hydrogen-bond acceptors (Lipinski definition) is 2. The molecular formula is C22H32O2P+. The minimum atomic E-state index is -1.39. The van der Waals surface area contributed by atoms with Gasteiger partial charge in [-0.05, 0) is 49.9 Å². The lowest BCUT2D eigenvalue weighted by Gasteiger charge is -2.28. The summed E-state index contributed by atoms with van der Waals surface area (Å²) in [6.45, 7) is 1.71. The van der Waals surface area contributed by atoms with Crippen LogP contribution >= 0.6 is 7.26 Å². The van der Waals surface area contributed by atoms with E-state index in [0.717, 1.165) is 26.1 Å². The van der Waals surface area contributed by atoms with Gasteiger partial charge in [0.2, 0.25) is 0 Å². The van der Waals surface area contributed by atoms with Crippen LogP contribution in [0.5, 0.6) is 0 Å². The van der Waals surface area contributed by atoms with Crippen molar-refractivity contribution in [2.45, 2.75) is 25.7 Å². The summed E-state index contributed by atoms with van der Waals surface area (Å²) in [6.07, 6.45) is 7.23. The Morgan fingerprint density at radius 1 is 0.600 bits per heavy atom. The van der Waals surface area contributed by atoms with Crippen LogP contribution in [0.25, 0.3) is 0 Å². The smallest absolute Gasteiger partial charge is 0.0991 e. The predicted molar refractivity (Wildman–Crippen MR) is 111 cm³/mol. The SMILES string of the molecule is COCCCC[P+](CCCCOC)(c1ccccc1)c1ccccc1. The summed E-state index contributed by atoms with van der Waals surface area (Å²) in [5.41, 5.74) is 0. The first-order valence-corrected chi connectivity index (χ1v) is 11.5. The highest BCUT2D eigenvalue weighted by atomic mass is 31.2. The molecule has 0 aliphatic heterocycles. The van der Waals surface area contributed by atoms with Crippen molar-refractivity contribution in [3.63, 3.8) is 0 Å². The second-order valence-electron chi connectivity index (χ2n) is 6.49. The fraction of sp³-hybridized carbons (Fsp3) is 0.455. The summed E-state index contributed by atoms with van der Waals surface area (Å²) in [5, 5.41) is 3.08. The van der Waals surface area contributed by atoms with E-state index in [1.807, 2.05) is 0 Å². The van der Waals surface area contributed by atoms with Crippen molar-refractivity contribution in [2.75, 3.05) is 39.8 Å². The average molecular weight is 359 g/mol. The second-order valence-corrected chi connectivity index (χ2v) is 10.3. The summed E-state index contributed by atoms with van der Waals surface area (Å²) in [7, 11) is 2.19. The van der Waals surface area contributed by atoms with Crippen molar-refractivity contribution in [1.29, 1.82) is 0 Å². The lowest BCUT2D eigenvalue weighted by Crippen LogP contribution is -2.27. The van der Waals surface area contributed by atoms with Gasteiger partial charge in [0.05, 0.1) is 30.2 Å². The van der Waals surface area contributed by atoms with Crippen molar-refractivity contribution in [2.24, 2.45) is 0 Å². The first-order chi connectivity index (χ1) is 12.3. The van der Waals surface area contributed by atoms with E-state index >= 15 is 0 Å². The Labute approximate surface area is 153 Å². The van der Waals surface area contributed by atoms with Crippen molar-refractivity contribution in [3.05, 3.63) is 60.7 Å². The number of unbranched alkanes of at least 4 members (excludes halogenated alkanes) is 2. The van der Waals surface area contributed by atoms with Crippen LogP contribution in [0.4, 0.5) is 0 Å². The highest BCUT2D eigenvalue weighted by molar-refractivity contribution is 7.89. The number of ether oxygens (including phenoxy) is 2. The molecule has 2 aromatic rings. The first kappa shape index (κ1) is 20.1. The molecule has 0 saturated heterocycles. The largest absolute Gasteiger partial charge is 0.385 e. The number of benzene rings is 2. The fourth-order valence-electron chi connectivity index (χ4n) is 3.46. The summed E-state index contributed by atoms with van der Waals surface area (Å²) in [5.74, 6) is 0. The summed E-state index contributed by atoms with van der Waals surface area (Å²) >= 11 is 0. The van der Waals surface area contributed by atoms with Crippen molar-refractivity contribution < 1.29 is 9.47 Å². The van der Waals surface area contributed by atoms with Crippen LogP contribution in [0.3, 0.4) is 0 Å². The standard InChI is InChI=1S/C22H32O2P/c1-23-17-9-11-19-25(20-12-10-18-24-2,21-13-5-3-6-14-21)22-15-7-4-8-16-22/h3-8,13-16H,9-12,17-20H2,1-2H3/q+1. The molecule has 2 rings (SSSR count). The number of hydrogen-bond donors (Lipinski definition) is 0. The van der Waals surface area contributed by atoms with E-state index in [0.29, 0.717) is 0 Å². The summed E-state index contributed by atoms with van der Waals surface area (Å²) in [6, 6.07) is 22.4. The molecule has 0 radical (unpaired) electrons. The van der Waals surface area contributed by atoms with Gasteiger partial charge in [-0.2, -0.15) is 0 Å². The molecule has 0 heterocycles. The molecule has 0 aliphatic rings. The summed E-state index contributed by atoms with van der Waals surface area (Å²) < 4.78 is 10.6. The Bertz CT molecular complexity index is 518. The van der Waals surface area contributed by atoms with E-state index in [2.05, 4.69) is 60.7 Å². The average Bonchev–Trinajstić information content (AvgIpc) is 2.68. The van der Waals surface area contributed by atoms with Crippen LogP contribution in [0.2, 0.25) is 0 Å². The Kier molecular flexibility index (Phi) is 9.18. The zero-order chi connectivity index (χ0) is 17.8. The molecule has 2 nitrogen and oxygen atoms in total. The summed E-state index contributed by atoms with van der Waals surface area (Å²) in [4.78, 5) is 0. The Morgan fingerprint density at radius 3 is 1.36 bits per heavy atom. The maximum Gasteiger partial charge on any atom is 0.0991 e. The lowest BCUT2D eigenvalue weighted by atomic mass is 10.3. The van der Waals surface area contributed by atoms with Crippen LogP contribution in [0.15, 0.2) is 60.7 Å². The zero-order valence-electron chi connectivity index (χ0n) is 15.7. The van der Waals surface area contributed by atoms with Gasteiger partial charge in [0.1, 0.15) is 0 Å². The molecule has 0 N–H and O–H groups in total. The van der Waals surface area contributed by atoms with Gasteiger partial charge in [-0.15, -0.1) is 0 Å². The molecular weight excluding hydrogens is 327 g/mol. The maximum absolute atomic E-state index is 5.28. The maximum atomic E-state index is 5.28. The van der Waals surface area contributed by atoms with Crippen molar-refractivity contribution in [1.82, 2.24) is 0 Å². The molecule has 25 heavy (non-hydrogen) atoms. The van der Waals surface area contributed by atoms with Gasteiger partial charge in [0, 0.05) is 27.4 Å². The molecule has 0 aliphatic carbocycles. The molecule has 0 saturated carbocycles. The highest BCUT2D eigenvalue weighted by Gasteiger charge is 2.41. The Balaban J connectivity index is 2.30. The molecule has 136 valence electrons. The van der Waals surface area contributed by atoms with E-state index in [-0.39, 0.29) is 0 Å². The number of methoxy groups -OCH3 is 2. The highest BCUT2D eigenvalue weighted by Crippen LogP contribution is 2.57. The van der Waals surface area contributed by atoms with Crippen LogP contribution in [0.1, 0.15) is 25.7 Å². The van der Waals surface area contributed by atoms with Gasteiger partial charge in [0.15, 0.2) is 0 Å². The van der Waals surface area contributed by atoms with Gasteiger partial charge in [-0.25, -0.2) is 0 Å². The normalized spacial score (nSPS) is 11.6. The molecule has 0 aromatic heterocycles. The molecule has 3 heteroatoms. The van der Waals surface area contributed by atoms with Crippen molar-refractivity contribution >= 4 is 17.9 Å². The van der Waals surface area contributed by atoms with Gasteiger partial charge in [-0.1, -0.05) is 36.4 Å². The number of rotatable bonds is 12. The molecule has 0 bridgehead atoms. The topological polar surface area (TPSA) is 18.5 Å². The quantitative estimate of drug-likeness (QED) is 0.410. The first-order valence-electron chi connectivity index (χ1n) is 9.29. The van der Waals surface area contributed by atoms with Crippen LogP contribution in [-0.2, 0) is 9.47 Å². The van der Waals surface area contributed by atoms with E-state index in [4.69, 9.17) is 9.47 Å². The van der Waals surface area contributed by atoms with Crippen LogP contribution < -0.4 is 10.6 Å². The minimum absolute atomic E-state index is 0.854. The molecule has 0 unspecified atom stereocenters. The van der Waals surface area contributed by atoms with E-state index in [9.17, 15) is 0 Å². The van der Waals surface area contributed by atoms with Crippen LogP contribution in [-0.4, -0.2) is 39.8 Å². The van der Waals surface area contributed by atoms with Gasteiger partial charge in [-0.3, -0.25) is 0 Å². The van der Waals surface area contributed by atoms with Crippen molar-refractivity contribution in [3.8, 4) is 0 Å². The molecule has 0 spiro atoms. The minimum Gasteiger partial charge on any atom is -0.385 e. The Morgan fingerprint density at radius 2 is 1.00 bits per heavy atom. The monoisotopic (exact) mass is 359 g/mol. The molecule has 0 amide bonds. The molecule has 2 aromatic carbocycles. The molecule has 0 atom stereocenters. The van der Waals surface area contributed by atoms with E-state index in [1.165, 1.54) is 35.8 Å². The third-order valence-corrected chi connectivity index (χ3v) is 9.51. The fourth-order valence-corrected chi connectivity index (χ4v) is 8.03. The predicted octanol–water partition coefficient (Wildman–Crippen LogP) is 4.51. The second kappa shape index (κ2) is 11.4. The molecule has 0 fully saturated rings. The van der Waals surface area contributed by atoms with Gasteiger partial charge < -0.3 is 9.47 Å². The zero-order valence-corrected chi connectivity index (χ0v) is 16.6.